The van der Waals surface area contributed by atoms with E-state index >= 15 is 4.39 Å². The van der Waals surface area contributed by atoms with Crippen LogP contribution in [0.25, 0.3) is 0 Å². The minimum absolute atomic E-state index is 0.0328. The lowest BCUT2D eigenvalue weighted by molar-refractivity contribution is -0.205. The molecular formula is C40H56F4N8O32P4S4. The zero-order valence-electron chi connectivity index (χ0n) is 51.9. The van der Waals surface area contributed by atoms with Crippen molar-refractivity contribution in [3.05, 3.63) is 108 Å². The highest BCUT2D eigenvalue weighted by atomic mass is 32.1. The van der Waals surface area contributed by atoms with Crippen molar-refractivity contribution in [2.45, 2.75) is 125 Å². The SMILES string of the molecule is Cc1cn([C@@H]2O[C@](F)(COP(=O)(O)O)[C@@H](O)[C@H]2O)c(=O)[nH]c1=S.[2H]C([2H])(OP(=O)(O)O)[C@@]1(F)O[C@@H](n2cc(C)c(=S)[nH]c2=O)[C@H](O)[C@@H]1O.[2H]C([2H])(OP(=O)(O)O)[C@@]1(F)O[C@@]([2H])(n2cc(C)c(=S)[nH]c2=O)[C@H](O)[C@@H]1O.[2H][C@@]1(n2cc(C)c(=S)[nH]c2=O)O[C@](F)(COP(=O)(O)O)[C@@H](O)[C@H]1O. The lowest BCUT2D eigenvalue weighted by atomic mass is 10.1. The summed E-state index contributed by atoms with van der Waals surface area (Å²) in [6, 6.07) is 0. The van der Waals surface area contributed by atoms with E-state index in [-0.39, 0.29) is 24.1 Å². The number of aliphatic hydroxyl groups excluding tert-OH is 8. The zero-order chi connectivity index (χ0) is 75.7. The Labute approximate surface area is 536 Å². The normalized spacial score (nSPS) is 34.3. The topological polar surface area (TPSA) is 617 Å². The Balaban J connectivity index is 0.000000236. The number of aryl methyl sites for hydroxylation is 4. The summed E-state index contributed by atoms with van der Waals surface area (Å²) in [5, 5.41) is 79.1. The number of ether oxygens (including phenoxy) is 4. The minimum atomic E-state index is -5.60. The molecule has 0 spiro atoms. The Kier molecular flexibility index (Phi) is 22.2. The number of nitrogens with one attached hydrogen (secondary N) is 4. The van der Waals surface area contributed by atoms with Crippen LogP contribution in [0.15, 0.2) is 44.0 Å². The number of phosphoric ester groups is 4. The molecule has 4 saturated heterocycles. The Morgan fingerprint density at radius 2 is 0.674 bits per heavy atom. The van der Waals surface area contributed by atoms with Crippen molar-refractivity contribution in [2.75, 3.05) is 26.3 Å². The fourth-order valence-corrected chi connectivity index (χ4v) is 9.28. The number of aromatic amines is 4. The van der Waals surface area contributed by atoms with Crippen molar-refractivity contribution < 1.29 is 161 Å². The average molecular weight is 1500 g/mol. The van der Waals surface area contributed by atoms with Gasteiger partial charge in [-0.15, -0.1) is 0 Å². The van der Waals surface area contributed by atoms with Crippen molar-refractivity contribution in [2.24, 2.45) is 0 Å². The third kappa shape index (κ3) is 19.2. The number of alkyl halides is 4. The molecule has 4 fully saturated rings. The van der Waals surface area contributed by atoms with Gasteiger partial charge in [0, 0.05) is 47.0 Å². The van der Waals surface area contributed by atoms with Crippen LogP contribution in [0.5, 0.6) is 0 Å². The molecule has 0 unspecified atom stereocenters. The Hall–Kier alpha value is -3.92. The van der Waals surface area contributed by atoms with Crippen molar-refractivity contribution >= 4 is 80.2 Å². The molecule has 4 aliphatic rings. The van der Waals surface area contributed by atoms with Gasteiger partial charge in [-0.2, -0.15) is 0 Å². The number of aromatic nitrogens is 8. The van der Waals surface area contributed by atoms with E-state index in [1.165, 1.54) is 27.0 Å². The molecule has 8 heterocycles. The number of H-pyrrole nitrogens is 4. The summed E-state index contributed by atoms with van der Waals surface area (Å²) in [7, 11) is -21.3. The summed E-state index contributed by atoms with van der Waals surface area (Å²) in [5.41, 5.74) is -2.70. The van der Waals surface area contributed by atoms with Crippen LogP contribution in [-0.4, -0.2) is 217 Å². The Bertz CT molecular complexity index is 4400. The van der Waals surface area contributed by atoms with E-state index in [2.05, 4.69) is 52.2 Å². The molecule has 0 bridgehead atoms. The summed E-state index contributed by atoms with van der Waals surface area (Å²) < 4.78 is 184. The quantitative estimate of drug-likeness (QED) is 0.0301. The average Bonchev–Trinajstić information content (AvgIpc) is 1.57. The first-order valence-electron chi connectivity index (χ1n) is 27.2. The van der Waals surface area contributed by atoms with Gasteiger partial charge < -0.3 is 98.9 Å². The third-order valence-electron chi connectivity index (χ3n) is 12.1. The lowest BCUT2D eigenvalue weighted by Crippen LogP contribution is -2.42. The van der Waals surface area contributed by atoms with E-state index in [1.807, 2.05) is 0 Å². The fourth-order valence-electron chi connectivity index (χ4n) is 7.54. The van der Waals surface area contributed by atoms with Gasteiger partial charge in [0.2, 0.25) is 0 Å². The smallest absolute Gasteiger partial charge is 0.385 e. The van der Waals surface area contributed by atoms with Gasteiger partial charge in [0.15, 0.2) is 24.9 Å². The van der Waals surface area contributed by atoms with E-state index in [9.17, 15) is 91.5 Å². The Morgan fingerprint density at radius 3 is 0.989 bits per heavy atom. The maximum absolute atomic E-state index is 15.0. The molecule has 0 saturated carbocycles. The monoisotopic (exact) mass is 1490 g/mol. The molecule has 4 aliphatic heterocycles. The first kappa shape index (κ1) is 69.4. The Morgan fingerprint density at radius 1 is 0.446 bits per heavy atom. The van der Waals surface area contributed by atoms with Crippen LogP contribution in [0.2, 0.25) is 0 Å². The maximum Gasteiger partial charge on any atom is 0.469 e. The van der Waals surface area contributed by atoms with E-state index in [4.69, 9.17) is 101 Å². The van der Waals surface area contributed by atoms with Crippen LogP contribution >= 0.6 is 80.2 Å². The molecule has 52 heteroatoms. The molecule has 4 aromatic rings. The van der Waals surface area contributed by atoms with Gasteiger partial charge in [-0.3, -0.25) is 56.3 Å². The standard InChI is InChI=1S/4C10H14FN2O8PS/c4*1-4-2-13(9(16)12-7(4)23)8-5(14)6(15)10(11,21-8)3-20-22(17,18)19/h4*2,5-6,8,14-15H,3H2,1H3,(H,12,16,23)(H2,17,18,19)/t4*5-,6+,8-,10-/m1111/s1/i3D2,8D;8D;3D2;. The second-order valence-electron chi connectivity index (χ2n) is 19.1. The molecule has 0 radical (unpaired) electrons. The van der Waals surface area contributed by atoms with Gasteiger partial charge in [0.25, 0.3) is 23.4 Å². The van der Waals surface area contributed by atoms with Crippen molar-refractivity contribution in [3.8, 4) is 0 Å². The van der Waals surface area contributed by atoms with Gasteiger partial charge in [0.05, 0.1) is 8.22 Å². The number of aliphatic hydroxyl groups is 8. The van der Waals surface area contributed by atoms with E-state index < -0.39 is 177 Å². The number of halogens is 4. The highest BCUT2D eigenvalue weighted by Gasteiger charge is 2.60. The molecule has 0 amide bonds. The molecule has 0 aromatic carbocycles. The summed E-state index contributed by atoms with van der Waals surface area (Å²) >= 11 is 19.3. The predicted molar refractivity (Wildman–Crippen MR) is 298 cm³/mol. The van der Waals surface area contributed by atoms with Gasteiger partial charge >= 0.3 is 54.0 Å². The van der Waals surface area contributed by atoms with Gasteiger partial charge in [-0.25, -0.2) is 55.0 Å². The minimum Gasteiger partial charge on any atom is -0.385 e. The highest BCUT2D eigenvalue weighted by molar-refractivity contribution is 7.72. The van der Waals surface area contributed by atoms with Crippen molar-refractivity contribution in [1.29, 1.82) is 0 Å². The largest absolute Gasteiger partial charge is 0.469 e. The number of nitrogens with zero attached hydrogens (tertiary/aromatic N) is 4. The highest BCUT2D eigenvalue weighted by Crippen LogP contribution is 2.47. The molecule has 0 aliphatic carbocycles. The summed E-state index contributed by atoms with van der Waals surface area (Å²) in [4.78, 5) is 126. The van der Waals surface area contributed by atoms with E-state index in [0.717, 1.165) is 23.2 Å². The third-order valence-corrected chi connectivity index (χ3v) is 15.4. The zero-order valence-corrected chi connectivity index (χ0v) is 52.8. The van der Waals surface area contributed by atoms with Crippen LogP contribution < -0.4 is 22.8 Å². The molecule has 8 rings (SSSR count). The van der Waals surface area contributed by atoms with Crippen LogP contribution in [0, 0.1) is 46.3 Å². The van der Waals surface area contributed by atoms with E-state index in [1.54, 1.807) is 6.92 Å². The number of rotatable bonds is 16. The molecule has 16 atom stereocenters. The lowest BCUT2D eigenvalue weighted by Gasteiger charge is -2.22. The van der Waals surface area contributed by atoms with Gasteiger partial charge in [0.1, 0.15) is 93.7 Å². The van der Waals surface area contributed by atoms with Crippen LogP contribution in [0.4, 0.5) is 17.6 Å². The van der Waals surface area contributed by atoms with Crippen LogP contribution in [0.3, 0.4) is 0 Å². The fraction of sp³-hybridized carbons (Fsp3) is 0.600. The van der Waals surface area contributed by atoms with E-state index in [0.29, 0.717) is 30.4 Å². The van der Waals surface area contributed by atoms with Crippen molar-refractivity contribution in [3.63, 3.8) is 0 Å². The maximum atomic E-state index is 15.0. The molecule has 40 nitrogen and oxygen atoms in total. The summed E-state index contributed by atoms with van der Waals surface area (Å²) in [6.07, 6.45) is -24.3. The number of phosphoric acid groups is 4. The first-order valence-corrected chi connectivity index (χ1v) is 31.9. The van der Waals surface area contributed by atoms with Gasteiger partial charge in [-0.1, -0.05) is 48.9 Å². The predicted octanol–water partition coefficient (Wildman–Crippen LogP) is -3.04. The number of hydrogen-bond donors (Lipinski definition) is 20. The van der Waals surface area contributed by atoms with Crippen molar-refractivity contribution in [1.82, 2.24) is 38.2 Å². The summed E-state index contributed by atoms with van der Waals surface area (Å²) in [6.45, 7) is -4.80. The first-order chi connectivity index (χ1) is 44.0. The second kappa shape index (κ2) is 29.4. The molecular weight excluding hydrogens is 1430 g/mol. The second-order valence-corrected chi connectivity index (χ2v) is 25.6. The molecule has 4 aromatic heterocycles. The molecule has 92 heavy (non-hydrogen) atoms. The number of hydrogen-bond acceptors (Lipinski definition) is 28. The molecule has 520 valence electrons. The van der Waals surface area contributed by atoms with Crippen LogP contribution in [0.1, 0.15) is 55.3 Å². The van der Waals surface area contributed by atoms with Gasteiger partial charge in [-0.05, 0) is 27.7 Å². The summed E-state index contributed by atoms with van der Waals surface area (Å²) in [5.74, 6) is -14.5. The van der Waals surface area contributed by atoms with Crippen LogP contribution in [-0.2, 0) is 55.3 Å². The molecule has 20 N–H and O–H groups in total.